The van der Waals surface area contributed by atoms with Gasteiger partial charge in [0.15, 0.2) is 0 Å². The van der Waals surface area contributed by atoms with Gasteiger partial charge in [-0.25, -0.2) is 0 Å². The maximum atomic E-state index is 12.6. The van der Waals surface area contributed by atoms with Crippen LogP contribution >= 0.6 is 0 Å². The van der Waals surface area contributed by atoms with Crippen molar-refractivity contribution in [1.29, 1.82) is 0 Å². The maximum absolute atomic E-state index is 12.6. The van der Waals surface area contributed by atoms with Crippen molar-refractivity contribution in [2.24, 2.45) is 5.92 Å². The van der Waals surface area contributed by atoms with Gasteiger partial charge in [0.2, 0.25) is 5.91 Å². The van der Waals surface area contributed by atoms with Gasteiger partial charge in [0.05, 0.1) is 6.54 Å². The molecular formula is C22H32N2O. The Hall–Kier alpha value is -2.03. The van der Waals surface area contributed by atoms with Crippen molar-refractivity contribution in [3.8, 4) is 0 Å². The van der Waals surface area contributed by atoms with Crippen LogP contribution in [0.3, 0.4) is 0 Å². The summed E-state index contributed by atoms with van der Waals surface area (Å²) in [6, 6.07) is 13.1. The number of carbonyl (C=O) groups excluding carboxylic acids is 1. The third kappa shape index (κ3) is 5.22. The van der Waals surface area contributed by atoms with E-state index >= 15 is 0 Å². The average molecular weight is 341 g/mol. The lowest BCUT2D eigenvalue weighted by molar-refractivity contribution is -0.135. The van der Waals surface area contributed by atoms with Crippen LogP contribution in [0.5, 0.6) is 0 Å². The molecule has 1 heterocycles. The van der Waals surface area contributed by atoms with E-state index in [2.05, 4.69) is 86.7 Å². The molecular weight excluding hydrogens is 308 g/mol. The molecule has 25 heavy (non-hydrogen) atoms. The Kier molecular flexibility index (Phi) is 6.86. The van der Waals surface area contributed by atoms with Crippen LogP contribution in [0.1, 0.15) is 57.4 Å². The van der Waals surface area contributed by atoms with Crippen molar-refractivity contribution < 1.29 is 4.79 Å². The van der Waals surface area contributed by atoms with E-state index in [0.717, 1.165) is 13.0 Å². The fourth-order valence-corrected chi connectivity index (χ4v) is 3.11. The van der Waals surface area contributed by atoms with E-state index in [1.807, 2.05) is 0 Å². The standard InChI is InChI=1S/C22H32N2O/c1-6-9-22(25)24(19(5)17(2)3)16-21-12-8-13-23(21)15-20-11-7-10-18(4)14-20/h7-8,10-14,17,19H,6,9,15-16H2,1-5H3. The quantitative estimate of drug-likeness (QED) is 0.662. The molecule has 136 valence electrons. The van der Waals surface area contributed by atoms with Crippen LogP contribution in [0.15, 0.2) is 42.6 Å². The molecule has 0 radical (unpaired) electrons. The molecule has 2 rings (SSSR count). The van der Waals surface area contributed by atoms with Gasteiger partial charge >= 0.3 is 0 Å². The average Bonchev–Trinajstić information content (AvgIpc) is 2.99. The summed E-state index contributed by atoms with van der Waals surface area (Å²) >= 11 is 0. The summed E-state index contributed by atoms with van der Waals surface area (Å²) in [5.74, 6) is 0.702. The summed E-state index contributed by atoms with van der Waals surface area (Å²) in [4.78, 5) is 14.7. The Morgan fingerprint density at radius 3 is 2.56 bits per heavy atom. The van der Waals surface area contributed by atoms with Crippen molar-refractivity contribution in [3.05, 3.63) is 59.4 Å². The Balaban J connectivity index is 2.19. The molecule has 1 atom stereocenters. The number of aryl methyl sites for hydroxylation is 1. The molecule has 0 fully saturated rings. The summed E-state index contributed by atoms with van der Waals surface area (Å²) in [7, 11) is 0. The number of carbonyl (C=O) groups is 1. The fraction of sp³-hybridized carbons (Fsp3) is 0.500. The van der Waals surface area contributed by atoms with E-state index in [1.165, 1.54) is 16.8 Å². The topological polar surface area (TPSA) is 25.2 Å². The van der Waals surface area contributed by atoms with Gasteiger partial charge in [0.1, 0.15) is 0 Å². The van der Waals surface area contributed by atoms with Crippen molar-refractivity contribution >= 4 is 5.91 Å². The van der Waals surface area contributed by atoms with Crippen molar-refractivity contribution in [2.45, 2.75) is 66.6 Å². The Morgan fingerprint density at radius 2 is 1.92 bits per heavy atom. The van der Waals surface area contributed by atoms with Gasteiger partial charge in [-0.2, -0.15) is 0 Å². The van der Waals surface area contributed by atoms with Crippen LogP contribution in [-0.4, -0.2) is 21.4 Å². The second-order valence-electron chi connectivity index (χ2n) is 7.37. The van der Waals surface area contributed by atoms with E-state index in [4.69, 9.17) is 0 Å². The van der Waals surface area contributed by atoms with Crippen LogP contribution in [0, 0.1) is 12.8 Å². The SMILES string of the molecule is CCCC(=O)N(Cc1cccn1Cc1cccc(C)c1)C(C)C(C)C. The second-order valence-corrected chi connectivity index (χ2v) is 7.37. The fourth-order valence-electron chi connectivity index (χ4n) is 3.11. The Bertz CT molecular complexity index is 687. The normalized spacial score (nSPS) is 12.4. The lowest BCUT2D eigenvalue weighted by atomic mass is 10.0. The number of aromatic nitrogens is 1. The van der Waals surface area contributed by atoms with E-state index in [9.17, 15) is 4.79 Å². The molecule has 2 aromatic rings. The molecule has 0 aliphatic heterocycles. The molecule has 0 saturated heterocycles. The van der Waals surface area contributed by atoms with E-state index in [-0.39, 0.29) is 11.9 Å². The van der Waals surface area contributed by atoms with Crippen LogP contribution in [0.2, 0.25) is 0 Å². The number of rotatable bonds is 8. The lowest BCUT2D eigenvalue weighted by Crippen LogP contribution is -2.41. The summed E-state index contributed by atoms with van der Waals surface area (Å²) in [6.45, 7) is 12.2. The zero-order chi connectivity index (χ0) is 18.4. The molecule has 3 heteroatoms. The molecule has 3 nitrogen and oxygen atoms in total. The first kappa shape index (κ1) is 19.3. The minimum Gasteiger partial charge on any atom is -0.345 e. The molecule has 1 aromatic heterocycles. The molecule has 0 bridgehead atoms. The summed E-state index contributed by atoms with van der Waals surface area (Å²) < 4.78 is 2.26. The highest BCUT2D eigenvalue weighted by molar-refractivity contribution is 5.76. The maximum Gasteiger partial charge on any atom is 0.223 e. The first-order valence-corrected chi connectivity index (χ1v) is 9.41. The largest absolute Gasteiger partial charge is 0.345 e. The van der Waals surface area contributed by atoms with Gasteiger partial charge in [-0.05, 0) is 43.9 Å². The van der Waals surface area contributed by atoms with Crippen LogP contribution in [0.4, 0.5) is 0 Å². The molecule has 1 amide bonds. The third-order valence-corrected chi connectivity index (χ3v) is 4.93. The molecule has 0 N–H and O–H groups in total. The van der Waals surface area contributed by atoms with Crippen molar-refractivity contribution in [2.75, 3.05) is 0 Å². The lowest BCUT2D eigenvalue weighted by Gasteiger charge is -2.32. The second kappa shape index (κ2) is 8.89. The molecule has 0 aliphatic rings. The number of nitrogens with zero attached hydrogens (tertiary/aromatic N) is 2. The molecule has 0 aliphatic carbocycles. The van der Waals surface area contributed by atoms with Gasteiger partial charge in [-0.3, -0.25) is 4.79 Å². The third-order valence-electron chi connectivity index (χ3n) is 4.93. The van der Waals surface area contributed by atoms with Gasteiger partial charge in [-0.15, -0.1) is 0 Å². The number of benzene rings is 1. The molecule has 0 spiro atoms. The molecule has 1 aromatic carbocycles. The first-order valence-electron chi connectivity index (χ1n) is 9.41. The number of amides is 1. The predicted molar refractivity (Wildman–Crippen MR) is 104 cm³/mol. The van der Waals surface area contributed by atoms with Crippen LogP contribution < -0.4 is 0 Å². The zero-order valence-electron chi connectivity index (χ0n) is 16.3. The van der Waals surface area contributed by atoms with Gasteiger partial charge in [0, 0.05) is 30.9 Å². The summed E-state index contributed by atoms with van der Waals surface area (Å²) in [5, 5.41) is 0. The van der Waals surface area contributed by atoms with E-state index < -0.39 is 0 Å². The monoisotopic (exact) mass is 340 g/mol. The highest BCUT2D eigenvalue weighted by Crippen LogP contribution is 2.18. The predicted octanol–water partition coefficient (Wildman–Crippen LogP) is 5.02. The smallest absolute Gasteiger partial charge is 0.223 e. The zero-order valence-corrected chi connectivity index (χ0v) is 16.3. The summed E-state index contributed by atoms with van der Waals surface area (Å²) in [6.07, 6.45) is 3.63. The molecule has 1 unspecified atom stereocenters. The van der Waals surface area contributed by atoms with Gasteiger partial charge < -0.3 is 9.47 Å². The van der Waals surface area contributed by atoms with Crippen LogP contribution in [0.25, 0.3) is 0 Å². The minimum atomic E-state index is 0.237. The highest BCUT2D eigenvalue weighted by atomic mass is 16.2. The number of hydrogen-bond donors (Lipinski definition) is 0. The van der Waals surface area contributed by atoms with Gasteiger partial charge in [-0.1, -0.05) is 50.6 Å². The van der Waals surface area contributed by atoms with E-state index in [1.54, 1.807) is 0 Å². The molecule has 0 saturated carbocycles. The van der Waals surface area contributed by atoms with Crippen LogP contribution in [-0.2, 0) is 17.9 Å². The highest BCUT2D eigenvalue weighted by Gasteiger charge is 2.23. The minimum absolute atomic E-state index is 0.237. The first-order chi connectivity index (χ1) is 11.9. The van der Waals surface area contributed by atoms with Crippen molar-refractivity contribution in [3.63, 3.8) is 0 Å². The van der Waals surface area contributed by atoms with Crippen molar-refractivity contribution in [1.82, 2.24) is 9.47 Å². The van der Waals surface area contributed by atoms with Gasteiger partial charge in [0.25, 0.3) is 0 Å². The number of hydrogen-bond acceptors (Lipinski definition) is 1. The summed E-state index contributed by atoms with van der Waals surface area (Å²) in [5.41, 5.74) is 3.76. The van der Waals surface area contributed by atoms with E-state index in [0.29, 0.717) is 18.9 Å². The Morgan fingerprint density at radius 1 is 1.16 bits per heavy atom. The Labute approximate surface area is 152 Å².